The Morgan fingerprint density at radius 1 is 1.00 bits per heavy atom. The van der Waals surface area contributed by atoms with Crippen molar-refractivity contribution < 1.29 is 19.1 Å². The van der Waals surface area contributed by atoms with Crippen molar-refractivity contribution >= 4 is 29.2 Å². The first-order valence-corrected chi connectivity index (χ1v) is 7.42. The van der Waals surface area contributed by atoms with Crippen LogP contribution in [0.25, 0.3) is 0 Å². The van der Waals surface area contributed by atoms with Crippen LogP contribution in [-0.4, -0.2) is 24.2 Å². The summed E-state index contributed by atoms with van der Waals surface area (Å²) < 4.78 is 5.26. The van der Waals surface area contributed by atoms with Gasteiger partial charge >= 0.3 is 0 Å². The van der Waals surface area contributed by atoms with Crippen LogP contribution in [0.4, 0.5) is 0 Å². The summed E-state index contributed by atoms with van der Waals surface area (Å²) in [5.74, 6) is -0.681. The fourth-order valence-electron chi connectivity index (χ4n) is 1.81. The van der Waals surface area contributed by atoms with E-state index >= 15 is 0 Å². The van der Waals surface area contributed by atoms with Gasteiger partial charge in [-0.05, 0) is 43.3 Å². The fourth-order valence-corrected chi connectivity index (χ4v) is 2.03. The number of ether oxygens (including phenoxy) is 1. The molecule has 0 aliphatic rings. The molecule has 0 aliphatic heterocycles. The maximum absolute atomic E-state index is 11.9. The number of carbonyl (C=O) groups excluding carboxylic acids is 3. The zero-order valence-corrected chi connectivity index (χ0v) is 13.6. The first-order chi connectivity index (χ1) is 11.5. The highest BCUT2D eigenvalue weighted by Crippen LogP contribution is 2.14. The van der Waals surface area contributed by atoms with E-state index in [1.807, 2.05) is 0 Å². The molecule has 0 spiro atoms. The molecule has 0 bridgehead atoms. The van der Waals surface area contributed by atoms with E-state index in [0.29, 0.717) is 11.3 Å². The molecule has 6 nitrogen and oxygen atoms in total. The molecule has 0 atom stereocenters. The summed E-state index contributed by atoms with van der Waals surface area (Å²) >= 11 is 5.89. The quantitative estimate of drug-likeness (QED) is 0.643. The van der Waals surface area contributed by atoms with E-state index in [4.69, 9.17) is 16.3 Å². The van der Waals surface area contributed by atoms with Crippen molar-refractivity contribution in [2.45, 2.75) is 6.92 Å². The number of carbonyl (C=O) groups is 3. The Morgan fingerprint density at radius 3 is 2.29 bits per heavy atom. The molecule has 0 aliphatic carbocycles. The van der Waals surface area contributed by atoms with Crippen LogP contribution in [-0.2, 0) is 4.79 Å². The van der Waals surface area contributed by atoms with Gasteiger partial charge in [0.2, 0.25) is 0 Å². The molecule has 0 saturated heterocycles. The van der Waals surface area contributed by atoms with Crippen molar-refractivity contribution in [1.29, 1.82) is 0 Å². The van der Waals surface area contributed by atoms with Gasteiger partial charge in [0.05, 0.1) is 10.6 Å². The number of hydrogen-bond donors (Lipinski definition) is 2. The van der Waals surface area contributed by atoms with E-state index in [2.05, 4.69) is 10.9 Å². The summed E-state index contributed by atoms with van der Waals surface area (Å²) in [7, 11) is 0. The number of ketones is 1. The van der Waals surface area contributed by atoms with Gasteiger partial charge < -0.3 is 4.74 Å². The van der Waals surface area contributed by atoms with Gasteiger partial charge in [-0.3, -0.25) is 25.2 Å². The van der Waals surface area contributed by atoms with Gasteiger partial charge in [0.15, 0.2) is 12.4 Å². The molecule has 7 heteroatoms. The van der Waals surface area contributed by atoms with Crippen LogP contribution in [0.1, 0.15) is 27.6 Å². The number of amides is 2. The molecule has 0 fully saturated rings. The fraction of sp³-hybridized carbons (Fsp3) is 0.118. The Bertz CT molecular complexity index is 759. The zero-order valence-electron chi connectivity index (χ0n) is 12.8. The van der Waals surface area contributed by atoms with Gasteiger partial charge in [0, 0.05) is 5.56 Å². The van der Waals surface area contributed by atoms with Crippen LogP contribution in [0, 0.1) is 0 Å². The van der Waals surface area contributed by atoms with Gasteiger partial charge in [-0.15, -0.1) is 0 Å². The number of nitrogens with one attached hydrogen (secondary N) is 2. The van der Waals surface area contributed by atoms with Gasteiger partial charge in [0.25, 0.3) is 11.8 Å². The van der Waals surface area contributed by atoms with Crippen molar-refractivity contribution in [1.82, 2.24) is 10.9 Å². The molecule has 0 unspecified atom stereocenters. The van der Waals surface area contributed by atoms with Crippen molar-refractivity contribution in [2.24, 2.45) is 0 Å². The largest absolute Gasteiger partial charge is 0.484 e. The number of halogens is 1. The normalized spacial score (nSPS) is 9.92. The first-order valence-electron chi connectivity index (χ1n) is 7.05. The molecule has 124 valence electrons. The SMILES string of the molecule is CC(=O)c1ccc(OCC(=O)NNC(=O)c2ccccc2Cl)cc1. The van der Waals surface area contributed by atoms with Gasteiger partial charge in [-0.1, -0.05) is 23.7 Å². The van der Waals surface area contributed by atoms with Crippen LogP contribution >= 0.6 is 11.6 Å². The summed E-state index contributed by atoms with van der Waals surface area (Å²) in [6.07, 6.45) is 0. The Labute approximate surface area is 143 Å². The molecule has 2 N–H and O–H groups in total. The second-order valence-corrected chi connectivity index (χ2v) is 5.26. The van der Waals surface area contributed by atoms with Crippen molar-refractivity contribution in [3.8, 4) is 5.75 Å². The van der Waals surface area contributed by atoms with E-state index in [-0.39, 0.29) is 23.0 Å². The van der Waals surface area contributed by atoms with Crippen LogP contribution in [0.3, 0.4) is 0 Å². The average Bonchev–Trinajstić information content (AvgIpc) is 2.58. The zero-order chi connectivity index (χ0) is 17.5. The number of benzene rings is 2. The topological polar surface area (TPSA) is 84.5 Å². The van der Waals surface area contributed by atoms with E-state index in [9.17, 15) is 14.4 Å². The number of rotatable bonds is 5. The van der Waals surface area contributed by atoms with Crippen molar-refractivity contribution in [2.75, 3.05) is 6.61 Å². The average molecular weight is 347 g/mol. The Morgan fingerprint density at radius 2 is 1.67 bits per heavy atom. The lowest BCUT2D eigenvalue weighted by atomic mass is 10.1. The third-order valence-corrected chi connectivity index (χ3v) is 3.39. The van der Waals surface area contributed by atoms with E-state index in [1.165, 1.54) is 13.0 Å². The third-order valence-electron chi connectivity index (χ3n) is 3.06. The molecular weight excluding hydrogens is 332 g/mol. The predicted molar refractivity (Wildman–Crippen MR) is 89.0 cm³/mol. The molecular formula is C17H15ClN2O4. The molecule has 2 aromatic rings. The minimum absolute atomic E-state index is 0.0541. The van der Waals surface area contributed by atoms with E-state index in [0.717, 1.165) is 0 Å². The maximum Gasteiger partial charge on any atom is 0.276 e. The first kappa shape index (κ1) is 17.5. The van der Waals surface area contributed by atoms with E-state index in [1.54, 1.807) is 42.5 Å². The van der Waals surface area contributed by atoms with E-state index < -0.39 is 11.8 Å². The molecule has 0 radical (unpaired) electrons. The molecule has 0 heterocycles. The lowest BCUT2D eigenvalue weighted by molar-refractivity contribution is -0.123. The van der Waals surface area contributed by atoms with Gasteiger partial charge in [-0.25, -0.2) is 0 Å². The summed E-state index contributed by atoms with van der Waals surface area (Å²) in [5, 5.41) is 0.283. The maximum atomic E-state index is 11.9. The van der Waals surface area contributed by atoms with Crippen LogP contribution < -0.4 is 15.6 Å². The minimum Gasteiger partial charge on any atom is -0.484 e. The van der Waals surface area contributed by atoms with Crippen molar-refractivity contribution in [3.63, 3.8) is 0 Å². The third kappa shape index (κ3) is 4.82. The second kappa shape index (κ2) is 8.12. The molecule has 0 saturated carbocycles. The smallest absolute Gasteiger partial charge is 0.276 e. The van der Waals surface area contributed by atoms with Crippen LogP contribution in [0.15, 0.2) is 48.5 Å². The Kier molecular flexibility index (Phi) is 5.92. The Balaban J connectivity index is 1.80. The second-order valence-electron chi connectivity index (χ2n) is 4.85. The summed E-state index contributed by atoms with van der Waals surface area (Å²) in [4.78, 5) is 34.7. The van der Waals surface area contributed by atoms with Gasteiger partial charge in [0.1, 0.15) is 5.75 Å². The number of hydrazine groups is 1. The predicted octanol–water partition coefficient (Wildman–Crippen LogP) is 2.38. The summed E-state index contributed by atoms with van der Waals surface area (Å²) in [6.45, 7) is 1.17. The lowest BCUT2D eigenvalue weighted by Crippen LogP contribution is -2.43. The highest BCUT2D eigenvalue weighted by molar-refractivity contribution is 6.33. The molecule has 2 amide bonds. The number of hydrogen-bond acceptors (Lipinski definition) is 4. The summed E-state index contributed by atoms with van der Waals surface area (Å²) in [6, 6.07) is 12.9. The van der Waals surface area contributed by atoms with Crippen LogP contribution in [0.5, 0.6) is 5.75 Å². The monoisotopic (exact) mass is 346 g/mol. The molecule has 0 aromatic heterocycles. The summed E-state index contributed by atoms with van der Waals surface area (Å²) in [5.41, 5.74) is 5.29. The van der Waals surface area contributed by atoms with Crippen molar-refractivity contribution in [3.05, 3.63) is 64.7 Å². The van der Waals surface area contributed by atoms with Crippen LogP contribution in [0.2, 0.25) is 5.02 Å². The highest BCUT2D eigenvalue weighted by Gasteiger charge is 2.10. The molecule has 2 rings (SSSR count). The number of Topliss-reactive ketones (excluding diaryl/α,β-unsaturated/α-hetero) is 1. The minimum atomic E-state index is -0.536. The highest BCUT2D eigenvalue weighted by atomic mass is 35.5. The Hall–Kier alpha value is -2.86. The molecule has 24 heavy (non-hydrogen) atoms. The van der Waals surface area contributed by atoms with Gasteiger partial charge in [-0.2, -0.15) is 0 Å². The standard InChI is InChI=1S/C17H15ClN2O4/c1-11(21)12-6-8-13(9-7-12)24-10-16(22)19-20-17(23)14-4-2-3-5-15(14)18/h2-9H,10H2,1H3,(H,19,22)(H,20,23). The molecule has 2 aromatic carbocycles. The lowest BCUT2D eigenvalue weighted by Gasteiger charge is -2.09.